The minimum atomic E-state index is 0.308. The minimum Gasteiger partial charge on any atom is -0.381 e. The van der Waals surface area contributed by atoms with Crippen molar-refractivity contribution in [3.8, 4) is 0 Å². The van der Waals surface area contributed by atoms with Crippen LogP contribution in [0.15, 0.2) is 4.99 Å². The fraction of sp³-hybridized carbons (Fsp3) is 0.938. The van der Waals surface area contributed by atoms with E-state index in [0.29, 0.717) is 6.10 Å². The molecule has 0 saturated heterocycles. The molecule has 1 rings (SSSR count). The maximum Gasteiger partial charge on any atom is 0.191 e. The second-order valence-corrected chi connectivity index (χ2v) is 5.83. The Balaban J connectivity index is 2.01. The third kappa shape index (κ3) is 11.5. The van der Waals surface area contributed by atoms with Gasteiger partial charge in [0.15, 0.2) is 5.96 Å². The Kier molecular flexibility index (Phi) is 10.3. The van der Waals surface area contributed by atoms with E-state index in [0.717, 1.165) is 64.2 Å². The topological polar surface area (TPSA) is 54.9 Å². The molecule has 0 aromatic heterocycles. The number of aliphatic imine (C=N–C) groups is 1. The first-order valence-electron chi connectivity index (χ1n) is 8.44. The van der Waals surface area contributed by atoms with Crippen molar-refractivity contribution in [2.45, 2.75) is 52.6 Å². The molecular formula is C16H33N3O2. The second-order valence-electron chi connectivity index (χ2n) is 5.83. The molecule has 5 heteroatoms. The van der Waals surface area contributed by atoms with Crippen LogP contribution < -0.4 is 10.6 Å². The van der Waals surface area contributed by atoms with Crippen LogP contribution in [0.25, 0.3) is 0 Å². The molecule has 0 radical (unpaired) electrons. The van der Waals surface area contributed by atoms with Gasteiger partial charge in [0.25, 0.3) is 0 Å². The summed E-state index contributed by atoms with van der Waals surface area (Å²) in [6, 6.07) is 0. The largest absolute Gasteiger partial charge is 0.381 e. The molecule has 21 heavy (non-hydrogen) atoms. The Bertz CT molecular complexity index is 279. The van der Waals surface area contributed by atoms with Gasteiger partial charge in [-0.2, -0.15) is 0 Å². The molecule has 5 nitrogen and oxygen atoms in total. The van der Waals surface area contributed by atoms with Crippen molar-refractivity contribution < 1.29 is 9.47 Å². The van der Waals surface area contributed by atoms with Crippen LogP contribution in [0, 0.1) is 5.92 Å². The lowest BCUT2D eigenvalue weighted by atomic mass is 10.4. The Morgan fingerprint density at radius 1 is 1.19 bits per heavy atom. The predicted molar refractivity (Wildman–Crippen MR) is 87.8 cm³/mol. The zero-order chi connectivity index (χ0) is 15.3. The number of rotatable bonds is 12. The summed E-state index contributed by atoms with van der Waals surface area (Å²) in [5.74, 6) is 1.74. The fourth-order valence-electron chi connectivity index (χ4n) is 1.83. The first-order chi connectivity index (χ1) is 10.2. The number of ether oxygens (including phenoxy) is 2. The Morgan fingerprint density at radius 2 is 2.00 bits per heavy atom. The highest BCUT2D eigenvalue weighted by Crippen LogP contribution is 2.28. The zero-order valence-electron chi connectivity index (χ0n) is 14.0. The van der Waals surface area contributed by atoms with Gasteiger partial charge in [0.1, 0.15) is 0 Å². The lowest BCUT2D eigenvalue weighted by molar-refractivity contribution is 0.0776. The smallest absolute Gasteiger partial charge is 0.191 e. The van der Waals surface area contributed by atoms with Crippen LogP contribution in [0.3, 0.4) is 0 Å². The molecule has 2 N–H and O–H groups in total. The van der Waals surface area contributed by atoms with Crippen LogP contribution in [-0.2, 0) is 9.47 Å². The first kappa shape index (κ1) is 18.2. The van der Waals surface area contributed by atoms with Crippen molar-refractivity contribution in [3.63, 3.8) is 0 Å². The van der Waals surface area contributed by atoms with E-state index in [4.69, 9.17) is 9.47 Å². The summed E-state index contributed by atoms with van der Waals surface area (Å²) in [5.41, 5.74) is 0. The fourth-order valence-corrected chi connectivity index (χ4v) is 1.83. The maximum absolute atomic E-state index is 5.61. The average molecular weight is 299 g/mol. The summed E-state index contributed by atoms with van der Waals surface area (Å²) in [6.45, 7) is 11.3. The van der Waals surface area contributed by atoms with Gasteiger partial charge in [-0.25, -0.2) is 0 Å². The van der Waals surface area contributed by atoms with Gasteiger partial charge in [-0.15, -0.1) is 0 Å². The van der Waals surface area contributed by atoms with Crippen LogP contribution in [0.4, 0.5) is 0 Å². The molecule has 0 aromatic carbocycles. The van der Waals surface area contributed by atoms with E-state index >= 15 is 0 Å². The van der Waals surface area contributed by atoms with Crippen LogP contribution in [0.5, 0.6) is 0 Å². The van der Waals surface area contributed by atoms with Crippen molar-refractivity contribution >= 4 is 5.96 Å². The van der Waals surface area contributed by atoms with E-state index in [2.05, 4.69) is 36.4 Å². The second kappa shape index (κ2) is 11.8. The molecule has 1 saturated carbocycles. The van der Waals surface area contributed by atoms with Gasteiger partial charge in [-0.3, -0.25) is 4.99 Å². The quantitative estimate of drug-likeness (QED) is 0.329. The number of hydrogen-bond donors (Lipinski definition) is 2. The van der Waals surface area contributed by atoms with E-state index in [1.54, 1.807) is 0 Å². The Labute approximate surface area is 129 Å². The summed E-state index contributed by atoms with van der Waals surface area (Å²) in [4.78, 5) is 4.55. The van der Waals surface area contributed by atoms with Gasteiger partial charge in [0, 0.05) is 39.5 Å². The lowest BCUT2D eigenvalue weighted by Crippen LogP contribution is -2.38. The summed E-state index contributed by atoms with van der Waals surface area (Å²) in [5, 5.41) is 6.59. The molecule has 0 heterocycles. The van der Waals surface area contributed by atoms with Crippen LogP contribution in [-0.4, -0.2) is 51.5 Å². The molecule has 0 aromatic rings. The number of guanidine groups is 1. The van der Waals surface area contributed by atoms with Crippen LogP contribution in [0.1, 0.15) is 46.5 Å². The number of nitrogens with one attached hydrogen (secondary N) is 2. The van der Waals surface area contributed by atoms with Gasteiger partial charge in [0.2, 0.25) is 0 Å². The Morgan fingerprint density at radius 3 is 2.67 bits per heavy atom. The van der Waals surface area contributed by atoms with Gasteiger partial charge in [-0.05, 0) is 52.4 Å². The van der Waals surface area contributed by atoms with Gasteiger partial charge >= 0.3 is 0 Å². The predicted octanol–water partition coefficient (Wildman–Crippen LogP) is 2.17. The molecule has 1 fully saturated rings. The standard InChI is InChI=1S/C16H33N3O2/c1-4-17-16(19-10-6-12-21-14(2)3)18-9-5-11-20-13-15-7-8-15/h14-15H,4-13H2,1-3H3,(H2,17,18,19). The van der Waals surface area contributed by atoms with E-state index < -0.39 is 0 Å². The molecule has 0 bridgehead atoms. The molecule has 0 amide bonds. The van der Waals surface area contributed by atoms with Crippen molar-refractivity contribution in [2.24, 2.45) is 10.9 Å². The van der Waals surface area contributed by atoms with Gasteiger partial charge in [0.05, 0.1) is 6.10 Å². The van der Waals surface area contributed by atoms with Crippen molar-refractivity contribution in [1.29, 1.82) is 0 Å². The highest BCUT2D eigenvalue weighted by atomic mass is 16.5. The molecular weight excluding hydrogens is 266 g/mol. The molecule has 0 atom stereocenters. The monoisotopic (exact) mass is 299 g/mol. The van der Waals surface area contributed by atoms with Crippen LogP contribution in [0.2, 0.25) is 0 Å². The summed E-state index contributed by atoms with van der Waals surface area (Å²) in [6.07, 6.45) is 5.00. The molecule has 1 aliphatic carbocycles. The first-order valence-corrected chi connectivity index (χ1v) is 8.44. The van der Waals surface area contributed by atoms with Gasteiger partial charge in [-0.1, -0.05) is 0 Å². The number of nitrogens with zero attached hydrogens (tertiary/aromatic N) is 1. The van der Waals surface area contributed by atoms with Crippen molar-refractivity contribution in [3.05, 3.63) is 0 Å². The summed E-state index contributed by atoms with van der Waals surface area (Å²) in [7, 11) is 0. The highest BCUT2D eigenvalue weighted by Gasteiger charge is 2.20. The summed E-state index contributed by atoms with van der Waals surface area (Å²) >= 11 is 0. The normalized spacial score (nSPS) is 15.5. The highest BCUT2D eigenvalue weighted by molar-refractivity contribution is 5.79. The average Bonchev–Trinajstić information content (AvgIpc) is 3.25. The van der Waals surface area contributed by atoms with E-state index in [1.165, 1.54) is 12.8 Å². The molecule has 0 unspecified atom stereocenters. The lowest BCUT2D eigenvalue weighted by Gasteiger charge is -2.12. The number of hydrogen-bond acceptors (Lipinski definition) is 3. The molecule has 0 spiro atoms. The van der Waals surface area contributed by atoms with E-state index in [9.17, 15) is 0 Å². The van der Waals surface area contributed by atoms with Gasteiger partial charge < -0.3 is 20.1 Å². The van der Waals surface area contributed by atoms with E-state index in [1.807, 2.05) is 0 Å². The molecule has 124 valence electrons. The maximum atomic E-state index is 5.61. The SMILES string of the molecule is CCNC(=NCCCOCC1CC1)NCCCOC(C)C. The third-order valence-electron chi connectivity index (χ3n) is 3.18. The molecule has 1 aliphatic rings. The zero-order valence-corrected chi connectivity index (χ0v) is 14.0. The molecule has 0 aliphatic heterocycles. The summed E-state index contributed by atoms with van der Waals surface area (Å²) < 4.78 is 11.1. The third-order valence-corrected chi connectivity index (χ3v) is 3.18. The Hall–Kier alpha value is -0.810. The van der Waals surface area contributed by atoms with Crippen molar-refractivity contribution in [1.82, 2.24) is 10.6 Å². The minimum absolute atomic E-state index is 0.308. The van der Waals surface area contributed by atoms with Crippen molar-refractivity contribution in [2.75, 3.05) is 39.5 Å². The van der Waals surface area contributed by atoms with Crippen LogP contribution >= 0.6 is 0 Å². The van der Waals surface area contributed by atoms with E-state index in [-0.39, 0.29) is 0 Å².